The first-order chi connectivity index (χ1) is 9.19. The van der Waals surface area contributed by atoms with E-state index in [2.05, 4.69) is 5.32 Å². The Hall–Kier alpha value is -1.72. The second kappa shape index (κ2) is 8.39. The van der Waals surface area contributed by atoms with Gasteiger partial charge in [-0.2, -0.15) is 0 Å². The standard InChI is InChI=1S/C14H19NO4/c1-18-9-8-12(10-19-2)15-14(17)13(16)11-6-4-3-5-7-11/h3-7,12H,8-10H2,1-2H3,(H,15,17). The molecule has 1 atom stereocenters. The zero-order valence-electron chi connectivity index (χ0n) is 11.2. The van der Waals surface area contributed by atoms with Gasteiger partial charge in [-0.1, -0.05) is 30.3 Å². The third-order valence-electron chi connectivity index (χ3n) is 2.62. The summed E-state index contributed by atoms with van der Waals surface area (Å²) in [5.41, 5.74) is 0.378. The summed E-state index contributed by atoms with van der Waals surface area (Å²) in [5.74, 6) is -1.16. The number of ketones is 1. The van der Waals surface area contributed by atoms with Gasteiger partial charge in [0.25, 0.3) is 5.91 Å². The largest absolute Gasteiger partial charge is 0.385 e. The van der Waals surface area contributed by atoms with E-state index in [1.54, 1.807) is 44.6 Å². The molecule has 0 saturated carbocycles. The molecule has 1 rings (SSSR count). The van der Waals surface area contributed by atoms with Crippen LogP contribution in [-0.4, -0.2) is 45.2 Å². The maximum Gasteiger partial charge on any atom is 0.292 e. The highest BCUT2D eigenvalue weighted by Gasteiger charge is 2.19. The average Bonchev–Trinajstić information content (AvgIpc) is 2.45. The molecule has 104 valence electrons. The highest BCUT2D eigenvalue weighted by atomic mass is 16.5. The van der Waals surface area contributed by atoms with Crippen LogP contribution in [-0.2, 0) is 14.3 Å². The molecular formula is C14H19NO4. The fraction of sp³-hybridized carbons (Fsp3) is 0.429. The van der Waals surface area contributed by atoms with Gasteiger partial charge < -0.3 is 14.8 Å². The van der Waals surface area contributed by atoms with Crippen LogP contribution in [0.4, 0.5) is 0 Å². The van der Waals surface area contributed by atoms with Gasteiger partial charge in [-0.15, -0.1) is 0 Å². The molecule has 1 unspecified atom stereocenters. The van der Waals surface area contributed by atoms with E-state index in [0.29, 0.717) is 25.2 Å². The highest BCUT2D eigenvalue weighted by molar-refractivity contribution is 6.42. The summed E-state index contributed by atoms with van der Waals surface area (Å²) in [6.07, 6.45) is 0.595. The summed E-state index contributed by atoms with van der Waals surface area (Å²) in [6, 6.07) is 8.23. The van der Waals surface area contributed by atoms with Crippen LogP contribution in [0.5, 0.6) is 0 Å². The Balaban J connectivity index is 2.58. The summed E-state index contributed by atoms with van der Waals surface area (Å²) in [4.78, 5) is 23.7. The Labute approximate surface area is 112 Å². The molecule has 0 aromatic heterocycles. The van der Waals surface area contributed by atoms with Crippen molar-refractivity contribution in [3.63, 3.8) is 0 Å². The number of benzene rings is 1. The molecule has 1 amide bonds. The van der Waals surface area contributed by atoms with Gasteiger partial charge in [0.1, 0.15) is 0 Å². The Bertz CT molecular complexity index is 405. The molecule has 0 aliphatic carbocycles. The van der Waals surface area contributed by atoms with Gasteiger partial charge in [0.05, 0.1) is 12.6 Å². The molecule has 1 N–H and O–H groups in total. The molecular weight excluding hydrogens is 246 g/mol. The molecule has 5 heteroatoms. The molecule has 5 nitrogen and oxygen atoms in total. The number of hydrogen-bond acceptors (Lipinski definition) is 4. The monoisotopic (exact) mass is 265 g/mol. The molecule has 0 radical (unpaired) electrons. The van der Waals surface area contributed by atoms with E-state index in [1.165, 1.54) is 0 Å². The molecule has 0 heterocycles. The first kappa shape index (κ1) is 15.3. The van der Waals surface area contributed by atoms with E-state index in [-0.39, 0.29) is 6.04 Å². The van der Waals surface area contributed by atoms with Crippen LogP contribution in [0.15, 0.2) is 30.3 Å². The van der Waals surface area contributed by atoms with Gasteiger partial charge in [0, 0.05) is 26.4 Å². The lowest BCUT2D eigenvalue weighted by molar-refractivity contribution is -0.118. The van der Waals surface area contributed by atoms with Gasteiger partial charge in [0.15, 0.2) is 0 Å². The number of hydrogen-bond donors (Lipinski definition) is 1. The summed E-state index contributed by atoms with van der Waals surface area (Å²) in [6.45, 7) is 0.838. The van der Waals surface area contributed by atoms with Crippen molar-refractivity contribution in [2.45, 2.75) is 12.5 Å². The van der Waals surface area contributed by atoms with Crippen LogP contribution in [0, 0.1) is 0 Å². The smallest absolute Gasteiger partial charge is 0.292 e. The molecule has 1 aromatic carbocycles. The zero-order chi connectivity index (χ0) is 14.1. The topological polar surface area (TPSA) is 64.6 Å². The van der Waals surface area contributed by atoms with Crippen molar-refractivity contribution in [3.8, 4) is 0 Å². The molecule has 0 fully saturated rings. The Morgan fingerprint density at radius 2 is 1.84 bits per heavy atom. The number of rotatable bonds is 8. The van der Waals surface area contributed by atoms with E-state index in [9.17, 15) is 9.59 Å². The SMILES string of the molecule is COCCC(COC)NC(=O)C(=O)c1ccccc1. The van der Waals surface area contributed by atoms with Gasteiger partial charge in [-0.25, -0.2) is 0 Å². The fourth-order valence-electron chi connectivity index (χ4n) is 1.63. The van der Waals surface area contributed by atoms with Crippen molar-refractivity contribution in [2.24, 2.45) is 0 Å². The second-order valence-electron chi connectivity index (χ2n) is 4.10. The Morgan fingerprint density at radius 3 is 2.42 bits per heavy atom. The predicted molar refractivity (Wildman–Crippen MR) is 71.1 cm³/mol. The second-order valence-corrected chi connectivity index (χ2v) is 4.10. The summed E-state index contributed by atoms with van der Waals surface area (Å²) >= 11 is 0. The number of carbonyl (C=O) groups excluding carboxylic acids is 2. The molecule has 0 saturated heterocycles. The van der Waals surface area contributed by atoms with E-state index < -0.39 is 11.7 Å². The Kier molecular flexibility index (Phi) is 6.78. The van der Waals surface area contributed by atoms with Gasteiger partial charge >= 0.3 is 0 Å². The molecule has 0 aliphatic heterocycles. The third-order valence-corrected chi connectivity index (χ3v) is 2.62. The van der Waals surface area contributed by atoms with Crippen LogP contribution in [0.25, 0.3) is 0 Å². The third kappa shape index (κ3) is 5.19. The van der Waals surface area contributed by atoms with Crippen molar-refractivity contribution >= 4 is 11.7 Å². The molecule has 0 spiro atoms. The van der Waals surface area contributed by atoms with E-state index in [4.69, 9.17) is 9.47 Å². The van der Waals surface area contributed by atoms with Crippen molar-refractivity contribution in [1.29, 1.82) is 0 Å². The number of nitrogens with one attached hydrogen (secondary N) is 1. The number of amides is 1. The maximum absolute atomic E-state index is 11.9. The van der Waals surface area contributed by atoms with Crippen LogP contribution in [0.1, 0.15) is 16.8 Å². The van der Waals surface area contributed by atoms with E-state index in [0.717, 1.165) is 0 Å². The molecule has 19 heavy (non-hydrogen) atoms. The number of Topliss-reactive ketones (excluding diaryl/α,β-unsaturated/α-hetero) is 1. The number of methoxy groups -OCH3 is 2. The summed E-state index contributed by atoms with van der Waals surface area (Å²) < 4.78 is 9.96. The lowest BCUT2D eigenvalue weighted by Crippen LogP contribution is -2.42. The van der Waals surface area contributed by atoms with E-state index in [1.807, 2.05) is 0 Å². The van der Waals surface area contributed by atoms with Gasteiger partial charge in [-0.3, -0.25) is 9.59 Å². The van der Waals surface area contributed by atoms with Gasteiger partial charge in [0.2, 0.25) is 5.78 Å². The van der Waals surface area contributed by atoms with Crippen molar-refractivity contribution in [1.82, 2.24) is 5.32 Å². The minimum Gasteiger partial charge on any atom is -0.385 e. The van der Waals surface area contributed by atoms with Crippen molar-refractivity contribution in [3.05, 3.63) is 35.9 Å². The summed E-state index contributed by atoms with van der Waals surface area (Å²) in [7, 11) is 3.13. The maximum atomic E-state index is 11.9. The van der Waals surface area contributed by atoms with E-state index >= 15 is 0 Å². The quantitative estimate of drug-likeness (QED) is 0.563. The molecule has 0 bridgehead atoms. The lowest BCUT2D eigenvalue weighted by atomic mass is 10.1. The minimum atomic E-state index is -0.621. The zero-order valence-corrected chi connectivity index (χ0v) is 11.2. The number of ether oxygens (including phenoxy) is 2. The minimum absolute atomic E-state index is 0.231. The fourth-order valence-corrected chi connectivity index (χ4v) is 1.63. The highest BCUT2D eigenvalue weighted by Crippen LogP contribution is 2.01. The van der Waals surface area contributed by atoms with Crippen LogP contribution >= 0.6 is 0 Å². The Morgan fingerprint density at radius 1 is 1.16 bits per heavy atom. The summed E-state index contributed by atoms with van der Waals surface area (Å²) in [5, 5.41) is 2.66. The van der Waals surface area contributed by atoms with Crippen molar-refractivity contribution in [2.75, 3.05) is 27.4 Å². The predicted octanol–water partition coefficient (Wildman–Crippen LogP) is 1.04. The first-order valence-corrected chi connectivity index (χ1v) is 6.07. The van der Waals surface area contributed by atoms with Crippen molar-refractivity contribution < 1.29 is 19.1 Å². The lowest BCUT2D eigenvalue weighted by Gasteiger charge is -2.16. The number of carbonyl (C=O) groups is 2. The molecule has 0 aliphatic rings. The van der Waals surface area contributed by atoms with Crippen LogP contribution < -0.4 is 5.32 Å². The molecule has 1 aromatic rings. The van der Waals surface area contributed by atoms with Gasteiger partial charge in [-0.05, 0) is 6.42 Å². The van der Waals surface area contributed by atoms with Crippen LogP contribution in [0.2, 0.25) is 0 Å². The van der Waals surface area contributed by atoms with Crippen LogP contribution in [0.3, 0.4) is 0 Å². The first-order valence-electron chi connectivity index (χ1n) is 6.07. The average molecular weight is 265 g/mol. The normalized spacial score (nSPS) is 11.9.